The Hall–Kier alpha value is -2.64. The normalized spacial score (nSPS) is 11.8. The van der Waals surface area contributed by atoms with Crippen LogP contribution in [-0.4, -0.2) is 26.4 Å². The Morgan fingerprint density at radius 3 is 2.66 bits per heavy atom. The van der Waals surface area contributed by atoms with Gasteiger partial charge in [-0.2, -0.15) is 9.78 Å². The first-order valence-electron chi connectivity index (χ1n) is 10.8. The molecule has 2 heterocycles. The third-order valence-corrected chi connectivity index (χ3v) is 7.18. The van der Waals surface area contributed by atoms with E-state index in [0.717, 1.165) is 33.2 Å². The first kappa shape index (κ1) is 22.6. The van der Waals surface area contributed by atoms with E-state index in [1.54, 1.807) is 27.8 Å². The number of carbonyl (C=O) groups is 1. The summed E-state index contributed by atoms with van der Waals surface area (Å²) in [5.74, 6) is 1.57. The Bertz CT molecular complexity index is 1220. The number of hydrogen-bond donors (Lipinski definition) is 1. The van der Waals surface area contributed by atoms with Crippen molar-refractivity contribution >= 4 is 45.0 Å². The first-order chi connectivity index (χ1) is 15.3. The second-order valence-electron chi connectivity index (χ2n) is 8.82. The first-order valence-corrected chi connectivity index (χ1v) is 12.6. The maximum atomic E-state index is 12.6. The molecule has 0 aliphatic rings. The van der Waals surface area contributed by atoms with E-state index in [1.807, 2.05) is 31.2 Å². The number of nitrogens with one attached hydrogen (secondary N) is 1. The van der Waals surface area contributed by atoms with Crippen molar-refractivity contribution in [1.29, 1.82) is 0 Å². The van der Waals surface area contributed by atoms with Crippen LogP contribution in [0.1, 0.15) is 44.9 Å². The minimum Gasteiger partial charge on any atom is -0.311 e. The molecule has 5 nitrogen and oxygen atoms in total. The van der Waals surface area contributed by atoms with Crippen molar-refractivity contribution < 1.29 is 4.79 Å². The molecule has 4 rings (SSSR count). The predicted octanol–water partition coefficient (Wildman–Crippen LogP) is 6.60. The van der Waals surface area contributed by atoms with Gasteiger partial charge >= 0.3 is 0 Å². The zero-order valence-corrected chi connectivity index (χ0v) is 20.5. The van der Waals surface area contributed by atoms with Crippen LogP contribution in [-0.2, 0) is 10.2 Å². The summed E-state index contributed by atoms with van der Waals surface area (Å²) in [4.78, 5) is 18.6. The summed E-state index contributed by atoms with van der Waals surface area (Å²) in [7, 11) is 0. The van der Waals surface area contributed by atoms with Gasteiger partial charge in [-0.05, 0) is 54.3 Å². The van der Waals surface area contributed by atoms with Gasteiger partial charge in [0.25, 0.3) is 0 Å². The van der Waals surface area contributed by atoms with Crippen LogP contribution >= 0.6 is 23.1 Å². The highest BCUT2D eigenvalue weighted by Crippen LogP contribution is 2.31. The number of nitrogens with zero attached hydrogens (tertiary/aromatic N) is 3. The van der Waals surface area contributed by atoms with Crippen LogP contribution in [0.25, 0.3) is 15.3 Å². The molecule has 2 aromatic heterocycles. The van der Waals surface area contributed by atoms with E-state index in [2.05, 4.69) is 61.5 Å². The number of benzene rings is 2. The van der Waals surface area contributed by atoms with E-state index in [0.29, 0.717) is 12.2 Å². The number of hydrogen-bond acceptors (Lipinski definition) is 5. The molecule has 1 N–H and O–H groups in total. The molecule has 0 aliphatic carbocycles. The largest absolute Gasteiger partial charge is 0.311 e. The van der Waals surface area contributed by atoms with Crippen LogP contribution in [0.5, 0.6) is 0 Å². The molecular formula is C25H28N4OS2. The molecule has 0 bridgehead atoms. The maximum absolute atomic E-state index is 12.6. The Kier molecular flexibility index (Phi) is 6.67. The number of aromatic nitrogens is 3. The van der Waals surface area contributed by atoms with Crippen molar-refractivity contribution in [2.24, 2.45) is 0 Å². The summed E-state index contributed by atoms with van der Waals surface area (Å²) < 4.78 is 2.86. The predicted molar refractivity (Wildman–Crippen MR) is 135 cm³/mol. The SMILES string of the molecule is Cc1cc(NC(=O)CCCSc2ccccc2)n(-c2nc3ccc(C(C)(C)C)cc3s2)n1. The van der Waals surface area contributed by atoms with Gasteiger partial charge in [0.2, 0.25) is 11.0 Å². The maximum Gasteiger partial charge on any atom is 0.225 e. The van der Waals surface area contributed by atoms with Gasteiger partial charge in [0.15, 0.2) is 0 Å². The number of rotatable bonds is 7. The van der Waals surface area contributed by atoms with E-state index in [9.17, 15) is 4.79 Å². The average molecular weight is 465 g/mol. The molecule has 0 saturated carbocycles. The van der Waals surface area contributed by atoms with Crippen molar-refractivity contribution in [3.8, 4) is 5.13 Å². The van der Waals surface area contributed by atoms with Crippen LogP contribution in [0.15, 0.2) is 59.5 Å². The zero-order chi connectivity index (χ0) is 22.7. The van der Waals surface area contributed by atoms with Crippen molar-refractivity contribution in [1.82, 2.24) is 14.8 Å². The van der Waals surface area contributed by atoms with Crippen molar-refractivity contribution in [3.05, 3.63) is 65.9 Å². The van der Waals surface area contributed by atoms with Gasteiger partial charge in [-0.15, -0.1) is 11.8 Å². The molecule has 0 unspecified atom stereocenters. The summed E-state index contributed by atoms with van der Waals surface area (Å²) in [6.45, 7) is 8.55. The molecule has 32 heavy (non-hydrogen) atoms. The second kappa shape index (κ2) is 9.46. The van der Waals surface area contributed by atoms with Gasteiger partial charge < -0.3 is 5.32 Å². The standard InChI is InChI=1S/C25H28N4OS2/c1-17-15-22(27-23(30)11-8-14-31-19-9-6-5-7-10-19)29(28-17)24-26-20-13-12-18(25(2,3)4)16-21(20)32-24/h5-7,9-10,12-13,15-16H,8,11,14H2,1-4H3,(H,27,30). The average Bonchev–Trinajstić information content (AvgIpc) is 3.33. The molecule has 1 amide bonds. The van der Waals surface area contributed by atoms with Gasteiger partial charge in [0, 0.05) is 17.4 Å². The fourth-order valence-electron chi connectivity index (χ4n) is 3.35. The Balaban J connectivity index is 1.44. The van der Waals surface area contributed by atoms with Crippen LogP contribution in [0, 0.1) is 6.92 Å². The highest BCUT2D eigenvalue weighted by atomic mass is 32.2. The number of amides is 1. The van der Waals surface area contributed by atoms with E-state index < -0.39 is 0 Å². The van der Waals surface area contributed by atoms with Crippen molar-refractivity contribution in [3.63, 3.8) is 0 Å². The van der Waals surface area contributed by atoms with E-state index in [1.165, 1.54) is 10.5 Å². The Labute approximate surface area is 197 Å². The number of aryl methyl sites for hydroxylation is 1. The molecular weight excluding hydrogens is 436 g/mol. The van der Waals surface area contributed by atoms with Gasteiger partial charge in [-0.25, -0.2) is 4.98 Å². The molecule has 166 valence electrons. The number of thiazole rings is 1. The lowest BCUT2D eigenvalue weighted by Crippen LogP contribution is -2.14. The number of anilines is 1. The summed E-state index contributed by atoms with van der Waals surface area (Å²) in [5, 5.41) is 8.37. The summed E-state index contributed by atoms with van der Waals surface area (Å²) >= 11 is 3.36. The van der Waals surface area contributed by atoms with Gasteiger partial charge in [0.05, 0.1) is 15.9 Å². The molecule has 0 aliphatic heterocycles. The van der Waals surface area contributed by atoms with Gasteiger partial charge in [0.1, 0.15) is 5.82 Å². The van der Waals surface area contributed by atoms with Crippen molar-refractivity contribution in [2.45, 2.75) is 50.8 Å². The minimum absolute atomic E-state index is 0.00376. The van der Waals surface area contributed by atoms with E-state index >= 15 is 0 Å². The zero-order valence-electron chi connectivity index (χ0n) is 18.9. The minimum atomic E-state index is -0.00376. The molecule has 0 radical (unpaired) electrons. The van der Waals surface area contributed by atoms with E-state index in [-0.39, 0.29) is 11.3 Å². The topological polar surface area (TPSA) is 59.8 Å². The fraction of sp³-hybridized carbons (Fsp3) is 0.320. The van der Waals surface area contributed by atoms with Crippen molar-refractivity contribution in [2.75, 3.05) is 11.1 Å². The summed E-state index contributed by atoms with van der Waals surface area (Å²) in [6.07, 6.45) is 1.29. The quantitative estimate of drug-likeness (QED) is 0.247. The Morgan fingerprint density at radius 2 is 1.91 bits per heavy atom. The van der Waals surface area contributed by atoms with Crippen LogP contribution in [0.2, 0.25) is 0 Å². The third-order valence-electron chi connectivity index (χ3n) is 5.08. The lowest BCUT2D eigenvalue weighted by atomic mass is 9.87. The van der Waals surface area contributed by atoms with Crippen LogP contribution < -0.4 is 5.32 Å². The number of fused-ring (bicyclic) bond motifs is 1. The highest BCUT2D eigenvalue weighted by Gasteiger charge is 2.17. The highest BCUT2D eigenvalue weighted by molar-refractivity contribution is 7.99. The smallest absolute Gasteiger partial charge is 0.225 e. The lowest BCUT2D eigenvalue weighted by molar-refractivity contribution is -0.116. The van der Waals surface area contributed by atoms with Crippen LogP contribution in [0.4, 0.5) is 5.82 Å². The number of thioether (sulfide) groups is 1. The number of carbonyl (C=O) groups excluding carboxylic acids is 1. The molecule has 0 atom stereocenters. The van der Waals surface area contributed by atoms with Gasteiger partial charge in [-0.3, -0.25) is 4.79 Å². The van der Waals surface area contributed by atoms with Crippen LogP contribution in [0.3, 0.4) is 0 Å². The monoisotopic (exact) mass is 464 g/mol. The molecule has 4 aromatic rings. The summed E-state index contributed by atoms with van der Waals surface area (Å²) in [6, 6.07) is 18.6. The molecule has 0 fully saturated rings. The fourth-order valence-corrected chi connectivity index (χ4v) is 5.19. The lowest BCUT2D eigenvalue weighted by Gasteiger charge is -2.18. The van der Waals surface area contributed by atoms with Gasteiger partial charge in [-0.1, -0.05) is 56.4 Å². The molecule has 0 saturated heterocycles. The second-order valence-corrected chi connectivity index (χ2v) is 11.0. The molecule has 2 aromatic carbocycles. The summed E-state index contributed by atoms with van der Waals surface area (Å²) in [5.41, 5.74) is 3.15. The Morgan fingerprint density at radius 1 is 1.12 bits per heavy atom. The van der Waals surface area contributed by atoms with E-state index in [4.69, 9.17) is 4.98 Å². The molecule has 0 spiro atoms. The molecule has 7 heteroatoms. The third kappa shape index (κ3) is 5.40.